The van der Waals surface area contributed by atoms with Crippen LogP contribution in [0.25, 0.3) is 0 Å². The zero-order valence-electron chi connectivity index (χ0n) is 18.6. The molecule has 0 saturated heterocycles. The van der Waals surface area contributed by atoms with Crippen LogP contribution >= 0.6 is 0 Å². The number of amides is 2. The van der Waals surface area contributed by atoms with Gasteiger partial charge in [-0.2, -0.15) is 0 Å². The lowest BCUT2D eigenvalue weighted by molar-refractivity contribution is -0.124. The maximum atomic E-state index is 11.2. The summed E-state index contributed by atoms with van der Waals surface area (Å²) in [4.78, 5) is 30.5. The van der Waals surface area contributed by atoms with Gasteiger partial charge in [0.1, 0.15) is 0 Å². The molecule has 2 aromatic rings. The minimum absolute atomic E-state index is 0.0312. The summed E-state index contributed by atoms with van der Waals surface area (Å²) in [6.45, 7) is 12.7. The molecule has 6 nitrogen and oxygen atoms in total. The molecule has 0 aromatic carbocycles. The van der Waals surface area contributed by atoms with E-state index in [-0.39, 0.29) is 23.7 Å². The first-order chi connectivity index (χ1) is 13.9. The van der Waals surface area contributed by atoms with Crippen LogP contribution in [0, 0.1) is 11.8 Å². The number of nitrogens with zero attached hydrogens (tertiary/aromatic N) is 2. The maximum Gasteiger partial charge on any atom is 0.222 e. The molecule has 0 aliphatic carbocycles. The predicted octanol–water partition coefficient (Wildman–Crippen LogP) is 3.78. The number of aromatic nitrogens is 2. The molecule has 0 spiro atoms. The largest absolute Gasteiger partial charge is 0.356 e. The molecular weight excluding hydrogens is 364 g/mol. The molecule has 0 radical (unpaired) electrons. The normalized spacial score (nSPS) is 9.66. The summed E-state index contributed by atoms with van der Waals surface area (Å²) < 4.78 is 0. The molecule has 2 heterocycles. The van der Waals surface area contributed by atoms with Crippen molar-refractivity contribution in [2.75, 3.05) is 6.54 Å². The minimum Gasteiger partial charge on any atom is -0.356 e. The molecule has 6 heteroatoms. The van der Waals surface area contributed by atoms with Crippen LogP contribution in [0.3, 0.4) is 0 Å². The summed E-state index contributed by atoms with van der Waals surface area (Å²) in [5, 5.41) is 5.66. The minimum atomic E-state index is 0.0312. The number of carbonyl (C=O) groups is 2. The van der Waals surface area contributed by atoms with Crippen molar-refractivity contribution in [1.82, 2.24) is 20.6 Å². The highest BCUT2D eigenvalue weighted by molar-refractivity contribution is 5.78. The van der Waals surface area contributed by atoms with E-state index in [0.717, 1.165) is 17.7 Å². The first-order valence-corrected chi connectivity index (χ1v) is 10.2. The SMILES string of the molecule is CC.CC(C)C(=O)NCCc1cccnc1.CC(C)C(=O)NCc1ccccn1. The fourth-order valence-electron chi connectivity index (χ4n) is 1.96. The number of hydrogen-bond donors (Lipinski definition) is 2. The average Bonchev–Trinajstić information content (AvgIpc) is 2.75. The molecule has 0 fully saturated rings. The second kappa shape index (κ2) is 16.2. The second-order valence-electron chi connectivity index (χ2n) is 6.75. The Balaban J connectivity index is 0.000000499. The van der Waals surface area contributed by atoms with Crippen LogP contribution in [0.15, 0.2) is 48.9 Å². The monoisotopic (exact) mass is 400 g/mol. The van der Waals surface area contributed by atoms with E-state index >= 15 is 0 Å². The van der Waals surface area contributed by atoms with Gasteiger partial charge >= 0.3 is 0 Å². The van der Waals surface area contributed by atoms with E-state index in [4.69, 9.17) is 0 Å². The Kier molecular flexibility index (Phi) is 14.7. The third-order valence-electron chi connectivity index (χ3n) is 3.65. The first-order valence-electron chi connectivity index (χ1n) is 10.2. The van der Waals surface area contributed by atoms with Gasteiger partial charge in [0, 0.05) is 37.0 Å². The molecule has 0 saturated carbocycles. The number of rotatable bonds is 7. The Morgan fingerprint density at radius 1 is 0.897 bits per heavy atom. The van der Waals surface area contributed by atoms with E-state index in [0.29, 0.717) is 13.1 Å². The maximum absolute atomic E-state index is 11.2. The molecule has 0 atom stereocenters. The number of carbonyl (C=O) groups excluding carboxylic acids is 2. The van der Waals surface area contributed by atoms with E-state index in [9.17, 15) is 9.59 Å². The smallest absolute Gasteiger partial charge is 0.222 e. The Morgan fingerprint density at radius 3 is 2.07 bits per heavy atom. The van der Waals surface area contributed by atoms with Crippen LogP contribution in [0.4, 0.5) is 0 Å². The van der Waals surface area contributed by atoms with Crippen LogP contribution in [-0.4, -0.2) is 28.3 Å². The summed E-state index contributed by atoms with van der Waals surface area (Å²) in [7, 11) is 0. The topological polar surface area (TPSA) is 84.0 Å². The molecule has 0 bridgehead atoms. The van der Waals surface area contributed by atoms with Gasteiger partial charge in [0.15, 0.2) is 0 Å². The van der Waals surface area contributed by atoms with E-state index in [1.807, 2.05) is 78.1 Å². The zero-order valence-corrected chi connectivity index (χ0v) is 18.6. The third-order valence-corrected chi connectivity index (χ3v) is 3.65. The molecule has 2 rings (SSSR count). The van der Waals surface area contributed by atoms with Gasteiger partial charge < -0.3 is 10.6 Å². The van der Waals surface area contributed by atoms with Crippen molar-refractivity contribution in [3.63, 3.8) is 0 Å². The quantitative estimate of drug-likeness (QED) is 0.741. The van der Waals surface area contributed by atoms with E-state index in [1.54, 1.807) is 12.4 Å². The predicted molar refractivity (Wildman–Crippen MR) is 118 cm³/mol. The lowest BCUT2D eigenvalue weighted by atomic mass is 10.2. The molecule has 160 valence electrons. The zero-order chi connectivity index (χ0) is 22.1. The molecule has 2 amide bonds. The van der Waals surface area contributed by atoms with Gasteiger partial charge in [-0.1, -0.05) is 53.7 Å². The molecular formula is C23H36N4O2. The van der Waals surface area contributed by atoms with Crippen molar-refractivity contribution in [2.45, 2.75) is 54.5 Å². The van der Waals surface area contributed by atoms with Crippen LogP contribution in [0.1, 0.15) is 52.8 Å². The number of hydrogen-bond acceptors (Lipinski definition) is 4. The molecule has 0 unspecified atom stereocenters. The number of nitrogens with one attached hydrogen (secondary N) is 2. The van der Waals surface area contributed by atoms with Crippen molar-refractivity contribution in [3.05, 3.63) is 60.2 Å². The summed E-state index contributed by atoms with van der Waals surface area (Å²) in [5.74, 6) is 0.257. The van der Waals surface area contributed by atoms with Crippen molar-refractivity contribution < 1.29 is 9.59 Å². The summed E-state index contributed by atoms with van der Waals surface area (Å²) >= 11 is 0. The van der Waals surface area contributed by atoms with Crippen molar-refractivity contribution in [3.8, 4) is 0 Å². The van der Waals surface area contributed by atoms with Gasteiger partial charge in [0.05, 0.1) is 12.2 Å². The van der Waals surface area contributed by atoms with Crippen molar-refractivity contribution in [2.24, 2.45) is 11.8 Å². The third kappa shape index (κ3) is 13.1. The van der Waals surface area contributed by atoms with Gasteiger partial charge in [-0.15, -0.1) is 0 Å². The van der Waals surface area contributed by atoms with E-state index in [1.165, 1.54) is 0 Å². The van der Waals surface area contributed by atoms with E-state index in [2.05, 4.69) is 20.6 Å². The molecule has 0 aliphatic rings. The van der Waals surface area contributed by atoms with Gasteiger partial charge in [-0.25, -0.2) is 0 Å². The van der Waals surface area contributed by atoms with Crippen LogP contribution < -0.4 is 10.6 Å². The Labute approximate surface area is 175 Å². The van der Waals surface area contributed by atoms with Crippen LogP contribution in [0.5, 0.6) is 0 Å². The lowest BCUT2D eigenvalue weighted by Crippen LogP contribution is -2.29. The van der Waals surface area contributed by atoms with Crippen LogP contribution in [-0.2, 0) is 22.6 Å². The highest BCUT2D eigenvalue weighted by Crippen LogP contribution is 1.97. The standard InChI is InChI=1S/C11H16N2O.C10H14N2O.C2H6/c1-9(2)11(14)13-7-5-10-4-3-6-12-8-10;1-8(2)10(13)12-7-9-5-3-4-6-11-9;1-2/h3-4,6,8-9H,5,7H2,1-2H3,(H,13,14);3-6,8H,7H2,1-2H3,(H,12,13);1-2H3. The Bertz CT molecular complexity index is 674. The molecule has 0 aliphatic heterocycles. The van der Waals surface area contributed by atoms with Gasteiger partial charge in [0.2, 0.25) is 11.8 Å². The van der Waals surface area contributed by atoms with Gasteiger partial charge in [-0.05, 0) is 30.2 Å². The fourth-order valence-corrected chi connectivity index (χ4v) is 1.96. The first kappa shape index (κ1) is 26.2. The average molecular weight is 401 g/mol. The molecule has 29 heavy (non-hydrogen) atoms. The van der Waals surface area contributed by atoms with Crippen LogP contribution in [0.2, 0.25) is 0 Å². The highest BCUT2D eigenvalue weighted by Gasteiger charge is 2.05. The summed E-state index contributed by atoms with van der Waals surface area (Å²) in [6, 6.07) is 9.56. The summed E-state index contributed by atoms with van der Waals surface area (Å²) in [5.41, 5.74) is 2.04. The van der Waals surface area contributed by atoms with Crippen molar-refractivity contribution in [1.29, 1.82) is 0 Å². The lowest BCUT2D eigenvalue weighted by Gasteiger charge is -2.06. The van der Waals surface area contributed by atoms with Crippen molar-refractivity contribution >= 4 is 11.8 Å². The summed E-state index contributed by atoms with van der Waals surface area (Å²) in [6.07, 6.45) is 6.13. The molecule has 2 aromatic heterocycles. The van der Waals surface area contributed by atoms with Gasteiger partial charge in [0.25, 0.3) is 0 Å². The fraction of sp³-hybridized carbons (Fsp3) is 0.478. The second-order valence-corrected chi connectivity index (χ2v) is 6.75. The Hall–Kier alpha value is -2.76. The highest BCUT2D eigenvalue weighted by atomic mass is 16.2. The van der Waals surface area contributed by atoms with Gasteiger partial charge in [-0.3, -0.25) is 19.6 Å². The molecule has 2 N–H and O–H groups in total. The van der Waals surface area contributed by atoms with E-state index < -0.39 is 0 Å². The number of pyridine rings is 2. The Morgan fingerprint density at radius 2 is 1.55 bits per heavy atom.